The lowest BCUT2D eigenvalue weighted by molar-refractivity contribution is -0.129. The third-order valence-corrected chi connectivity index (χ3v) is 5.86. The molecule has 1 aliphatic carbocycles. The Morgan fingerprint density at radius 3 is 2.37 bits per heavy atom. The molecule has 27 heavy (non-hydrogen) atoms. The predicted octanol–water partition coefficient (Wildman–Crippen LogP) is 4.82. The van der Waals surface area contributed by atoms with E-state index in [1.54, 1.807) is 11.8 Å². The summed E-state index contributed by atoms with van der Waals surface area (Å²) in [6.45, 7) is 1.54. The molecule has 1 heterocycles. The number of amides is 1. The first-order valence-electron chi connectivity index (χ1n) is 9.45. The Morgan fingerprint density at radius 1 is 0.963 bits per heavy atom. The quantitative estimate of drug-likeness (QED) is 0.527. The van der Waals surface area contributed by atoms with E-state index in [2.05, 4.69) is 64.2 Å². The van der Waals surface area contributed by atoms with Crippen LogP contribution in [0.15, 0.2) is 83.9 Å². The van der Waals surface area contributed by atoms with Gasteiger partial charge in [-0.15, -0.1) is 11.8 Å². The molecular weight excluding hydrogens is 352 g/mol. The van der Waals surface area contributed by atoms with Crippen LogP contribution in [0.2, 0.25) is 0 Å². The third kappa shape index (κ3) is 4.83. The molecule has 0 unspecified atom stereocenters. The summed E-state index contributed by atoms with van der Waals surface area (Å²) in [4.78, 5) is 16.1. The van der Waals surface area contributed by atoms with E-state index in [1.807, 2.05) is 24.3 Å². The minimum Gasteiger partial charge on any atom is -0.345 e. The van der Waals surface area contributed by atoms with Crippen LogP contribution < -0.4 is 0 Å². The second kappa shape index (κ2) is 8.49. The van der Waals surface area contributed by atoms with Gasteiger partial charge in [-0.25, -0.2) is 0 Å². The van der Waals surface area contributed by atoms with E-state index >= 15 is 0 Å². The van der Waals surface area contributed by atoms with Crippen LogP contribution in [-0.4, -0.2) is 27.2 Å². The number of nitrogens with zero attached hydrogens (tertiary/aromatic N) is 2. The van der Waals surface area contributed by atoms with E-state index in [-0.39, 0.29) is 5.91 Å². The number of thioether (sulfide) groups is 1. The van der Waals surface area contributed by atoms with Crippen molar-refractivity contribution < 1.29 is 4.79 Å². The Bertz CT molecular complexity index is 872. The molecule has 4 heteroatoms. The Hall–Kier alpha value is -2.46. The van der Waals surface area contributed by atoms with Gasteiger partial charge in [0, 0.05) is 29.4 Å². The van der Waals surface area contributed by atoms with Crippen molar-refractivity contribution in [2.24, 2.45) is 0 Å². The molecule has 0 radical (unpaired) electrons. The highest BCUT2D eigenvalue weighted by molar-refractivity contribution is 8.00. The van der Waals surface area contributed by atoms with Crippen molar-refractivity contribution in [1.82, 2.24) is 9.47 Å². The SMILES string of the molecule is O=C(CSc1ccccc1)N(Cc1cccn1Cc1ccccc1)C1CC1. The van der Waals surface area contributed by atoms with Crippen molar-refractivity contribution >= 4 is 17.7 Å². The van der Waals surface area contributed by atoms with Gasteiger partial charge in [0.25, 0.3) is 0 Å². The molecule has 4 rings (SSSR count). The van der Waals surface area contributed by atoms with Gasteiger partial charge in [-0.1, -0.05) is 48.5 Å². The molecule has 1 amide bonds. The molecule has 1 aliphatic rings. The minimum absolute atomic E-state index is 0.235. The largest absolute Gasteiger partial charge is 0.345 e. The third-order valence-electron chi connectivity index (χ3n) is 4.87. The van der Waals surface area contributed by atoms with Crippen LogP contribution in [0.1, 0.15) is 24.1 Å². The van der Waals surface area contributed by atoms with Crippen molar-refractivity contribution in [2.75, 3.05) is 5.75 Å². The summed E-state index contributed by atoms with van der Waals surface area (Å²) in [6, 6.07) is 25.2. The van der Waals surface area contributed by atoms with Crippen molar-refractivity contribution in [3.05, 3.63) is 90.3 Å². The fourth-order valence-corrected chi connectivity index (χ4v) is 4.06. The maximum Gasteiger partial charge on any atom is 0.233 e. The van der Waals surface area contributed by atoms with Crippen molar-refractivity contribution in [3.8, 4) is 0 Å². The van der Waals surface area contributed by atoms with Gasteiger partial charge in [0.1, 0.15) is 0 Å². The molecule has 0 atom stereocenters. The highest BCUT2D eigenvalue weighted by Gasteiger charge is 2.32. The van der Waals surface area contributed by atoms with E-state index in [9.17, 15) is 4.79 Å². The predicted molar refractivity (Wildman–Crippen MR) is 111 cm³/mol. The molecule has 0 aliphatic heterocycles. The average Bonchev–Trinajstić information content (AvgIpc) is 3.46. The Balaban J connectivity index is 1.42. The first-order chi connectivity index (χ1) is 13.3. The first kappa shape index (κ1) is 17.9. The Labute approximate surface area is 165 Å². The van der Waals surface area contributed by atoms with Gasteiger partial charge in [-0.05, 0) is 42.7 Å². The first-order valence-corrected chi connectivity index (χ1v) is 10.4. The normalized spacial score (nSPS) is 13.5. The molecule has 1 saturated carbocycles. The van der Waals surface area contributed by atoms with Crippen LogP contribution in [0.4, 0.5) is 0 Å². The van der Waals surface area contributed by atoms with Gasteiger partial charge in [0.15, 0.2) is 0 Å². The molecule has 2 aromatic carbocycles. The van der Waals surface area contributed by atoms with E-state index in [1.165, 1.54) is 11.3 Å². The lowest BCUT2D eigenvalue weighted by Gasteiger charge is -2.23. The van der Waals surface area contributed by atoms with Crippen LogP contribution in [0.5, 0.6) is 0 Å². The van der Waals surface area contributed by atoms with Crippen LogP contribution >= 0.6 is 11.8 Å². The maximum absolute atomic E-state index is 12.9. The molecule has 1 fully saturated rings. The fraction of sp³-hybridized carbons (Fsp3) is 0.261. The lowest BCUT2D eigenvalue weighted by atomic mass is 10.2. The van der Waals surface area contributed by atoms with Gasteiger partial charge in [0.2, 0.25) is 5.91 Å². The molecule has 0 saturated heterocycles. The topological polar surface area (TPSA) is 25.2 Å². The van der Waals surface area contributed by atoms with Crippen molar-refractivity contribution in [2.45, 2.75) is 36.9 Å². The second-order valence-corrected chi connectivity index (χ2v) is 8.02. The molecule has 138 valence electrons. The highest BCUT2D eigenvalue weighted by Crippen LogP contribution is 2.30. The zero-order chi connectivity index (χ0) is 18.5. The van der Waals surface area contributed by atoms with Crippen molar-refractivity contribution in [3.63, 3.8) is 0 Å². The summed E-state index contributed by atoms with van der Waals surface area (Å²) in [6.07, 6.45) is 4.36. The summed E-state index contributed by atoms with van der Waals surface area (Å²) in [5.74, 6) is 0.735. The van der Waals surface area contributed by atoms with E-state index in [0.717, 1.165) is 24.3 Å². The number of benzene rings is 2. The molecule has 0 bridgehead atoms. The summed E-state index contributed by atoms with van der Waals surface area (Å²) >= 11 is 1.62. The number of hydrogen-bond donors (Lipinski definition) is 0. The fourth-order valence-electron chi connectivity index (χ4n) is 3.25. The van der Waals surface area contributed by atoms with Gasteiger partial charge in [-0.3, -0.25) is 4.79 Å². The van der Waals surface area contributed by atoms with Gasteiger partial charge in [-0.2, -0.15) is 0 Å². The molecule has 0 N–H and O–H groups in total. The number of carbonyl (C=O) groups excluding carboxylic acids is 1. The monoisotopic (exact) mass is 376 g/mol. The molecule has 3 nitrogen and oxygen atoms in total. The summed E-state index contributed by atoms with van der Waals surface area (Å²) in [5, 5.41) is 0. The zero-order valence-electron chi connectivity index (χ0n) is 15.3. The summed E-state index contributed by atoms with van der Waals surface area (Å²) in [5.41, 5.74) is 2.47. The minimum atomic E-state index is 0.235. The van der Waals surface area contributed by atoms with E-state index in [4.69, 9.17) is 0 Å². The second-order valence-electron chi connectivity index (χ2n) is 6.97. The van der Waals surface area contributed by atoms with Crippen LogP contribution in [0.25, 0.3) is 0 Å². The van der Waals surface area contributed by atoms with Crippen LogP contribution in [0.3, 0.4) is 0 Å². The van der Waals surface area contributed by atoms with Crippen LogP contribution in [-0.2, 0) is 17.9 Å². The lowest BCUT2D eigenvalue weighted by Crippen LogP contribution is -2.34. The maximum atomic E-state index is 12.9. The van der Waals surface area contributed by atoms with E-state index in [0.29, 0.717) is 18.3 Å². The highest BCUT2D eigenvalue weighted by atomic mass is 32.2. The van der Waals surface area contributed by atoms with Crippen molar-refractivity contribution in [1.29, 1.82) is 0 Å². The Kier molecular flexibility index (Phi) is 5.64. The smallest absolute Gasteiger partial charge is 0.233 e. The molecule has 3 aromatic rings. The summed E-state index contributed by atoms with van der Waals surface area (Å²) in [7, 11) is 0. The van der Waals surface area contributed by atoms with Gasteiger partial charge < -0.3 is 9.47 Å². The number of hydrogen-bond acceptors (Lipinski definition) is 2. The summed E-state index contributed by atoms with van der Waals surface area (Å²) < 4.78 is 2.25. The number of carbonyl (C=O) groups is 1. The average molecular weight is 377 g/mol. The standard InChI is InChI=1S/C23H24N2OS/c26-23(18-27-22-11-5-2-6-12-22)25(20-13-14-20)17-21-10-7-15-24(21)16-19-8-3-1-4-9-19/h1-12,15,20H,13-14,16-18H2. The zero-order valence-corrected chi connectivity index (χ0v) is 16.1. The number of rotatable bonds is 8. The Morgan fingerprint density at radius 2 is 1.67 bits per heavy atom. The molecule has 0 spiro atoms. The molecule has 1 aromatic heterocycles. The number of aromatic nitrogens is 1. The van der Waals surface area contributed by atoms with Crippen LogP contribution in [0, 0.1) is 0 Å². The van der Waals surface area contributed by atoms with Gasteiger partial charge in [0.05, 0.1) is 12.3 Å². The van der Waals surface area contributed by atoms with Gasteiger partial charge >= 0.3 is 0 Å². The van der Waals surface area contributed by atoms with E-state index < -0.39 is 0 Å². The molecular formula is C23H24N2OS.